The molecule has 0 saturated heterocycles. The summed E-state index contributed by atoms with van der Waals surface area (Å²) in [6, 6.07) is 16.2. The van der Waals surface area contributed by atoms with Gasteiger partial charge in [-0.15, -0.1) is 0 Å². The topological polar surface area (TPSA) is 32.7 Å². The molecule has 0 spiro atoms. The van der Waals surface area contributed by atoms with Crippen molar-refractivity contribution in [3.05, 3.63) is 59.7 Å². The number of hydrogen-bond donors (Lipinski definition) is 1. The summed E-state index contributed by atoms with van der Waals surface area (Å²) in [6.07, 6.45) is -0.467. The van der Waals surface area contributed by atoms with Gasteiger partial charge in [0.05, 0.1) is 12.6 Å². The van der Waals surface area contributed by atoms with Crippen LogP contribution in [0, 0.1) is 0 Å². The van der Waals surface area contributed by atoms with E-state index in [2.05, 4.69) is 17.0 Å². The first-order valence-corrected chi connectivity index (χ1v) is 6.98. The number of aliphatic hydroxyl groups is 1. The molecule has 104 valence electrons. The molecule has 1 atom stereocenters. The predicted octanol–water partition coefficient (Wildman–Crippen LogP) is 3.14. The molecule has 0 saturated carbocycles. The Labute approximate surface area is 119 Å². The van der Waals surface area contributed by atoms with Crippen LogP contribution in [0.25, 0.3) is 0 Å². The zero-order valence-corrected chi connectivity index (χ0v) is 11.6. The third kappa shape index (κ3) is 2.49. The van der Waals surface area contributed by atoms with Gasteiger partial charge in [-0.3, -0.25) is 0 Å². The number of benzene rings is 2. The second kappa shape index (κ2) is 5.55. The van der Waals surface area contributed by atoms with Crippen LogP contribution < -0.4 is 9.64 Å². The quantitative estimate of drug-likeness (QED) is 0.909. The summed E-state index contributed by atoms with van der Waals surface area (Å²) < 4.78 is 5.80. The highest BCUT2D eigenvalue weighted by atomic mass is 16.5. The Kier molecular flexibility index (Phi) is 3.61. The number of fused-ring (bicyclic) bond motifs is 1. The van der Waals surface area contributed by atoms with Crippen molar-refractivity contribution >= 4 is 5.69 Å². The van der Waals surface area contributed by atoms with E-state index < -0.39 is 6.10 Å². The average Bonchev–Trinajstić information content (AvgIpc) is 2.69. The van der Waals surface area contributed by atoms with Crippen LogP contribution in [0.3, 0.4) is 0 Å². The molecule has 1 N–H and O–H groups in total. The fraction of sp³-hybridized carbons (Fsp3) is 0.294. The molecule has 0 amide bonds. The van der Waals surface area contributed by atoms with Gasteiger partial charge in [-0.05, 0) is 19.1 Å². The van der Waals surface area contributed by atoms with Gasteiger partial charge < -0.3 is 14.7 Å². The van der Waals surface area contributed by atoms with Crippen LogP contribution in [-0.2, 0) is 6.54 Å². The van der Waals surface area contributed by atoms with Crippen molar-refractivity contribution in [3.8, 4) is 5.75 Å². The van der Waals surface area contributed by atoms with Crippen molar-refractivity contribution in [2.24, 2.45) is 0 Å². The number of hydrogen-bond acceptors (Lipinski definition) is 3. The number of ether oxygens (including phenoxy) is 1. The molecule has 0 aliphatic carbocycles. The molecule has 1 aliphatic heterocycles. The molecule has 2 aromatic rings. The first-order valence-electron chi connectivity index (χ1n) is 6.98. The second-order valence-corrected chi connectivity index (χ2v) is 5.11. The molecule has 0 fully saturated rings. The van der Waals surface area contributed by atoms with Crippen LogP contribution >= 0.6 is 0 Å². The van der Waals surface area contributed by atoms with E-state index in [0.29, 0.717) is 6.61 Å². The molecule has 3 heteroatoms. The molecule has 3 nitrogen and oxygen atoms in total. The standard InChI is InChI=1S/C17H19NO2/c1-13(19)15-7-3-4-8-16(15)18-10-11-20-17-9-5-2-6-14(17)12-18/h2-9,13,19H,10-12H2,1H3. The molecule has 1 unspecified atom stereocenters. The highest BCUT2D eigenvalue weighted by Gasteiger charge is 2.18. The zero-order chi connectivity index (χ0) is 13.9. The lowest BCUT2D eigenvalue weighted by atomic mass is 10.1. The largest absolute Gasteiger partial charge is 0.491 e. The molecular weight excluding hydrogens is 250 g/mol. The van der Waals surface area contributed by atoms with E-state index in [9.17, 15) is 5.11 Å². The van der Waals surface area contributed by atoms with Gasteiger partial charge in [0.2, 0.25) is 0 Å². The van der Waals surface area contributed by atoms with E-state index in [1.165, 1.54) is 5.56 Å². The van der Waals surface area contributed by atoms with Crippen LogP contribution in [-0.4, -0.2) is 18.3 Å². The molecule has 1 aliphatic rings. The fourth-order valence-electron chi connectivity index (χ4n) is 2.66. The fourth-order valence-corrected chi connectivity index (χ4v) is 2.66. The molecule has 2 aromatic carbocycles. The number of rotatable bonds is 2. The van der Waals surface area contributed by atoms with Gasteiger partial charge in [0.15, 0.2) is 0 Å². The van der Waals surface area contributed by atoms with E-state index in [4.69, 9.17) is 4.74 Å². The van der Waals surface area contributed by atoms with Crippen LogP contribution in [0.15, 0.2) is 48.5 Å². The molecule has 0 radical (unpaired) electrons. The van der Waals surface area contributed by atoms with Crippen LogP contribution in [0.4, 0.5) is 5.69 Å². The van der Waals surface area contributed by atoms with Gasteiger partial charge in [0.1, 0.15) is 12.4 Å². The molecule has 0 aromatic heterocycles. The predicted molar refractivity (Wildman–Crippen MR) is 80.1 cm³/mol. The van der Waals surface area contributed by atoms with E-state index in [1.54, 1.807) is 6.92 Å². The lowest BCUT2D eigenvalue weighted by Gasteiger charge is -2.25. The minimum absolute atomic E-state index is 0.467. The third-order valence-electron chi connectivity index (χ3n) is 3.68. The Balaban J connectivity index is 1.96. The van der Waals surface area contributed by atoms with Crippen molar-refractivity contribution in [2.45, 2.75) is 19.6 Å². The average molecular weight is 269 g/mol. The molecule has 1 heterocycles. The van der Waals surface area contributed by atoms with E-state index in [0.717, 1.165) is 30.1 Å². The summed E-state index contributed by atoms with van der Waals surface area (Å²) in [7, 11) is 0. The molecule has 3 rings (SSSR count). The highest BCUT2D eigenvalue weighted by Crippen LogP contribution is 2.30. The van der Waals surface area contributed by atoms with Gasteiger partial charge in [0.25, 0.3) is 0 Å². The van der Waals surface area contributed by atoms with Crippen molar-refractivity contribution in [3.63, 3.8) is 0 Å². The molecule has 20 heavy (non-hydrogen) atoms. The number of nitrogens with zero attached hydrogens (tertiary/aromatic N) is 1. The first kappa shape index (κ1) is 13.0. The Hall–Kier alpha value is -2.00. The summed E-state index contributed by atoms with van der Waals surface area (Å²) in [6.45, 7) is 4.09. The summed E-state index contributed by atoms with van der Waals surface area (Å²) in [4.78, 5) is 2.27. The normalized spacial score (nSPS) is 16.0. The van der Waals surface area contributed by atoms with Gasteiger partial charge in [0, 0.05) is 23.4 Å². The maximum Gasteiger partial charge on any atom is 0.124 e. The van der Waals surface area contributed by atoms with Crippen LogP contribution in [0.5, 0.6) is 5.75 Å². The second-order valence-electron chi connectivity index (χ2n) is 5.11. The summed E-state index contributed by atoms with van der Waals surface area (Å²) >= 11 is 0. The van der Waals surface area contributed by atoms with Crippen molar-refractivity contribution in [1.29, 1.82) is 0 Å². The van der Waals surface area contributed by atoms with Crippen LogP contribution in [0.2, 0.25) is 0 Å². The minimum Gasteiger partial charge on any atom is -0.491 e. The maximum absolute atomic E-state index is 9.94. The van der Waals surface area contributed by atoms with Crippen LogP contribution in [0.1, 0.15) is 24.2 Å². The molecular formula is C17H19NO2. The van der Waals surface area contributed by atoms with Gasteiger partial charge in [-0.1, -0.05) is 36.4 Å². The van der Waals surface area contributed by atoms with Gasteiger partial charge in [-0.25, -0.2) is 0 Å². The number of para-hydroxylation sites is 2. The minimum atomic E-state index is -0.467. The summed E-state index contributed by atoms with van der Waals surface area (Å²) in [5, 5.41) is 9.94. The lowest BCUT2D eigenvalue weighted by molar-refractivity contribution is 0.199. The Morgan fingerprint density at radius 3 is 2.70 bits per heavy atom. The lowest BCUT2D eigenvalue weighted by Crippen LogP contribution is -2.26. The van der Waals surface area contributed by atoms with Crippen molar-refractivity contribution in [2.75, 3.05) is 18.1 Å². The van der Waals surface area contributed by atoms with Crippen molar-refractivity contribution in [1.82, 2.24) is 0 Å². The monoisotopic (exact) mass is 269 g/mol. The third-order valence-corrected chi connectivity index (χ3v) is 3.68. The van der Waals surface area contributed by atoms with Crippen molar-refractivity contribution < 1.29 is 9.84 Å². The SMILES string of the molecule is CC(O)c1ccccc1N1CCOc2ccccc2C1. The van der Waals surface area contributed by atoms with Gasteiger partial charge in [-0.2, -0.15) is 0 Å². The summed E-state index contributed by atoms with van der Waals surface area (Å²) in [5.41, 5.74) is 3.24. The van der Waals surface area contributed by atoms with Gasteiger partial charge >= 0.3 is 0 Å². The van der Waals surface area contributed by atoms with E-state index >= 15 is 0 Å². The smallest absolute Gasteiger partial charge is 0.124 e. The number of anilines is 1. The van der Waals surface area contributed by atoms with E-state index in [-0.39, 0.29) is 0 Å². The number of aliphatic hydroxyl groups excluding tert-OH is 1. The Morgan fingerprint density at radius 1 is 1.10 bits per heavy atom. The molecule has 0 bridgehead atoms. The maximum atomic E-state index is 9.94. The zero-order valence-electron chi connectivity index (χ0n) is 11.6. The summed E-state index contributed by atoms with van der Waals surface area (Å²) in [5.74, 6) is 0.963. The Morgan fingerprint density at radius 2 is 1.85 bits per heavy atom. The first-order chi connectivity index (χ1) is 9.75. The highest BCUT2D eigenvalue weighted by molar-refractivity contribution is 5.56. The van der Waals surface area contributed by atoms with E-state index in [1.807, 2.05) is 36.4 Å². The Bertz CT molecular complexity index is 595.